The van der Waals surface area contributed by atoms with Gasteiger partial charge in [-0.3, -0.25) is 14.5 Å². The van der Waals surface area contributed by atoms with Gasteiger partial charge in [0.2, 0.25) is 11.8 Å². The van der Waals surface area contributed by atoms with Crippen molar-refractivity contribution in [2.75, 3.05) is 23.7 Å². The highest BCUT2D eigenvalue weighted by Crippen LogP contribution is 2.36. The second-order valence-corrected chi connectivity index (χ2v) is 7.41. The van der Waals surface area contributed by atoms with Gasteiger partial charge in [-0.1, -0.05) is 42.1 Å². The fourth-order valence-electron chi connectivity index (χ4n) is 3.09. The summed E-state index contributed by atoms with van der Waals surface area (Å²) in [5.41, 5.74) is 3.94. The third kappa shape index (κ3) is 4.43. The molecule has 2 heterocycles. The van der Waals surface area contributed by atoms with E-state index in [4.69, 9.17) is 0 Å². The molecule has 5 nitrogen and oxygen atoms in total. The van der Waals surface area contributed by atoms with E-state index in [1.165, 1.54) is 17.3 Å². The quantitative estimate of drug-likeness (QED) is 0.796. The molecule has 0 aliphatic carbocycles. The standard InChI is InChI=1S/C20H23N3O2S/c1-14-11-15(2)22-20-19(14)23(18(25)13-26-20)12-17(24)21-10-6-9-16-7-4-3-5-8-16/h3-5,7-8,11H,6,9-10,12-13H2,1-2H3,(H,21,24). The van der Waals surface area contributed by atoms with Crippen LogP contribution < -0.4 is 10.2 Å². The highest BCUT2D eigenvalue weighted by Gasteiger charge is 2.29. The van der Waals surface area contributed by atoms with Gasteiger partial charge in [0, 0.05) is 12.2 Å². The van der Waals surface area contributed by atoms with Crippen LogP contribution in [0, 0.1) is 13.8 Å². The van der Waals surface area contributed by atoms with Gasteiger partial charge in [-0.25, -0.2) is 4.98 Å². The number of nitrogens with one attached hydrogen (secondary N) is 1. The van der Waals surface area contributed by atoms with E-state index in [2.05, 4.69) is 22.4 Å². The van der Waals surface area contributed by atoms with Gasteiger partial charge >= 0.3 is 0 Å². The van der Waals surface area contributed by atoms with Crippen LogP contribution in [0.2, 0.25) is 0 Å². The number of nitrogens with zero attached hydrogens (tertiary/aromatic N) is 2. The summed E-state index contributed by atoms with van der Waals surface area (Å²) in [6.07, 6.45) is 1.79. The van der Waals surface area contributed by atoms with E-state index in [-0.39, 0.29) is 18.4 Å². The minimum absolute atomic E-state index is 0.0450. The molecule has 2 aromatic rings. The molecule has 1 aromatic heterocycles. The zero-order valence-electron chi connectivity index (χ0n) is 15.1. The summed E-state index contributed by atoms with van der Waals surface area (Å²) in [5.74, 6) is 0.143. The third-order valence-corrected chi connectivity index (χ3v) is 5.24. The number of hydrogen-bond acceptors (Lipinski definition) is 4. The van der Waals surface area contributed by atoms with Crippen molar-refractivity contribution in [3.05, 3.63) is 53.2 Å². The first-order chi connectivity index (χ1) is 12.5. The van der Waals surface area contributed by atoms with Crippen LogP contribution in [0.4, 0.5) is 5.69 Å². The molecule has 3 rings (SSSR count). The number of benzene rings is 1. The van der Waals surface area contributed by atoms with Crippen molar-refractivity contribution in [3.8, 4) is 0 Å². The molecule has 1 aliphatic heterocycles. The zero-order chi connectivity index (χ0) is 18.5. The zero-order valence-corrected chi connectivity index (χ0v) is 15.9. The van der Waals surface area contributed by atoms with Gasteiger partial charge in [-0.15, -0.1) is 0 Å². The Morgan fingerprint density at radius 3 is 2.81 bits per heavy atom. The summed E-state index contributed by atoms with van der Waals surface area (Å²) < 4.78 is 0. The first kappa shape index (κ1) is 18.5. The predicted octanol–water partition coefficient (Wildman–Crippen LogP) is 2.89. The molecule has 1 aliphatic rings. The van der Waals surface area contributed by atoms with E-state index >= 15 is 0 Å². The van der Waals surface area contributed by atoms with Crippen LogP contribution in [0.1, 0.15) is 23.2 Å². The van der Waals surface area contributed by atoms with Crippen molar-refractivity contribution in [2.45, 2.75) is 31.7 Å². The normalized spacial score (nSPS) is 13.5. The van der Waals surface area contributed by atoms with Crippen LogP contribution in [0.3, 0.4) is 0 Å². The number of carbonyl (C=O) groups is 2. The SMILES string of the molecule is Cc1cc(C)c2c(n1)SCC(=O)N2CC(=O)NCCCc1ccccc1. The maximum Gasteiger partial charge on any atom is 0.240 e. The highest BCUT2D eigenvalue weighted by atomic mass is 32.2. The number of rotatable bonds is 6. The summed E-state index contributed by atoms with van der Waals surface area (Å²) in [6, 6.07) is 12.1. The number of carbonyl (C=O) groups excluding carboxylic acids is 2. The lowest BCUT2D eigenvalue weighted by atomic mass is 10.1. The molecule has 2 amide bonds. The molecule has 0 atom stereocenters. The van der Waals surface area contributed by atoms with Crippen molar-refractivity contribution in [1.29, 1.82) is 0 Å². The summed E-state index contributed by atoms with van der Waals surface area (Å²) in [4.78, 5) is 30.7. The molecule has 1 N–H and O–H groups in total. The van der Waals surface area contributed by atoms with E-state index in [0.29, 0.717) is 12.3 Å². The molecular formula is C20H23N3O2S. The number of hydrogen-bond donors (Lipinski definition) is 1. The first-order valence-corrected chi connectivity index (χ1v) is 9.75. The molecule has 6 heteroatoms. The molecular weight excluding hydrogens is 346 g/mol. The Morgan fingerprint density at radius 2 is 2.04 bits per heavy atom. The molecule has 1 aromatic carbocycles. The van der Waals surface area contributed by atoms with Gasteiger partial charge in [0.25, 0.3) is 0 Å². The van der Waals surface area contributed by atoms with Gasteiger partial charge < -0.3 is 5.32 Å². The smallest absolute Gasteiger partial charge is 0.240 e. The molecule has 136 valence electrons. The Morgan fingerprint density at radius 1 is 1.27 bits per heavy atom. The summed E-state index contributed by atoms with van der Waals surface area (Å²) >= 11 is 1.44. The van der Waals surface area contributed by atoms with Gasteiger partial charge in [-0.2, -0.15) is 0 Å². The largest absolute Gasteiger partial charge is 0.355 e. The molecule has 0 fully saturated rings. The van der Waals surface area contributed by atoms with E-state index in [9.17, 15) is 9.59 Å². The maximum atomic E-state index is 12.3. The fourth-order valence-corrected chi connectivity index (χ4v) is 4.12. The summed E-state index contributed by atoms with van der Waals surface area (Å²) in [5, 5.41) is 3.75. The number of aryl methyl sites for hydroxylation is 3. The van der Waals surface area contributed by atoms with Crippen LogP contribution in [0.25, 0.3) is 0 Å². The average Bonchev–Trinajstić information content (AvgIpc) is 2.62. The van der Waals surface area contributed by atoms with Crippen molar-refractivity contribution in [1.82, 2.24) is 10.3 Å². The highest BCUT2D eigenvalue weighted by molar-refractivity contribution is 8.00. The maximum absolute atomic E-state index is 12.3. The van der Waals surface area contributed by atoms with Gasteiger partial charge in [-0.05, 0) is 43.9 Å². The molecule has 0 spiro atoms. The van der Waals surface area contributed by atoms with Crippen molar-refractivity contribution in [2.24, 2.45) is 0 Å². The van der Waals surface area contributed by atoms with Gasteiger partial charge in [0.15, 0.2) is 0 Å². The second kappa shape index (κ2) is 8.36. The minimum Gasteiger partial charge on any atom is -0.355 e. The fraction of sp³-hybridized carbons (Fsp3) is 0.350. The van der Waals surface area contributed by atoms with Crippen LogP contribution >= 0.6 is 11.8 Å². The number of anilines is 1. The second-order valence-electron chi connectivity index (χ2n) is 6.44. The molecule has 26 heavy (non-hydrogen) atoms. The monoisotopic (exact) mass is 369 g/mol. The van der Waals surface area contributed by atoms with Crippen LogP contribution in [-0.2, 0) is 16.0 Å². The molecule has 0 bridgehead atoms. The van der Waals surface area contributed by atoms with Crippen LogP contribution in [0.5, 0.6) is 0 Å². The molecule has 0 saturated carbocycles. The van der Waals surface area contributed by atoms with E-state index in [1.807, 2.05) is 38.1 Å². The number of aromatic nitrogens is 1. The van der Waals surface area contributed by atoms with Crippen LogP contribution in [-0.4, -0.2) is 35.6 Å². The van der Waals surface area contributed by atoms with Crippen molar-refractivity contribution in [3.63, 3.8) is 0 Å². The number of thioether (sulfide) groups is 1. The van der Waals surface area contributed by atoms with Crippen LogP contribution in [0.15, 0.2) is 41.4 Å². The molecule has 0 unspecified atom stereocenters. The lowest BCUT2D eigenvalue weighted by Gasteiger charge is -2.29. The number of fused-ring (bicyclic) bond motifs is 1. The Bertz CT molecular complexity index is 808. The topological polar surface area (TPSA) is 62.3 Å². The minimum atomic E-state index is -0.135. The number of amides is 2. The van der Waals surface area contributed by atoms with E-state index < -0.39 is 0 Å². The van der Waals surface area contributed by atoms with Crippen molar-refractivity contribution >= 4 is 29.3 Å². The summed E-state index contributed by atoms with van der Waals surface area (Å²) in [6.45, 7) is 4.54. The van der Waals surface area contributed by atoms with E-state index in [0.717, 1.165) is 34.8 Å². The Labute approximate surface area is 158 Å². The third-order valence-electron chi connectivity index (χ3n) is 4.29. The number of pyridine rings is 1. The molecule has 0 radical (unpaired) electrons. The first-order valence-electron chi connectivity index (χ1n) is 8.76. The Hall–Kier alpha value is -2.34. The van der Waals surface area contributed by atoms with Gasteiger partial charge in [0.05, 0.1) is 11.4 Å². The summed E-state index contributed by atoms with van der Waals surface area (Å²) in [7, 11) is 0. The van der Waals surface area contributed by atoms with Gasteiger partial charge in [0.1, 0.15) is 11.6 Å². The average molecular weight is 369 g/mol. The molecule has 0 saturated heterocycles. The Kier molecular flexibility index (Phi) is 5.93. The Balaban J connectivity index is 1.57. The van der Waals surface area contributed by atoms with Crippen molar-refractivity contribution < 1.29 is 9.59 Å². The van der Waals surface area contributed by atoms with E-state index in [1.54, 1.807) is 4.90 Å². The lowest BCUT2D eigenvalue weighted by molar-refractivity contribution is -0.123. The lowest BCUT2D eigenvalue weighted by Crippen LogP contribution is -2.44. The predicted molar refractivity (Wildman–Crippen MR) is 105 cm³/mol.